The summed E-state index contributed by atoms with van der Waals surface area (Å²) in [6.45, 7) is 4.91. The molecule has 206 valence electrons. The van der Waals surface area contributed by atoms with Crippen molar-refractivity contribution in [2.45, 2.75) is 89.4 Å². The lowest BCUT2D eigenvalue weighted by atomic mass is 10.0. The third-order valence-electron chi connectivity index (χ3n) is 6.02. The molecule has 0 aliphatic carbocycles. The second kappa shape index (κ2) is 15.9. The minimum atomic E-state index is -1.14. The number of nitrogens with one attached hydrogen (secondary N) is 2. The fourth-order valence-corrected chi connectivity index (χ4v) is 4.18. The number of aliphatic imine (C=N–C) groups is 1. The van der Waals surface area contributed by atoms with E-state index in [0.717, 1.165) is 0 Å². The van der Waals surface area contributed by atoms with Gasteiger partial charge in [0.15, 0.2) is 5.96 Å². The van der Waals surface area contributed by atoms with E-state index in [9.17, 15) is 24.3 Å². The van der Waals surface area contributed by atoms with E-state index in [4.69, 9.17) is 22.9 Å². The zero-order chi connectivity index (χ0) is 27.3. The first-order valence-electron chi connectivity index (χ1n) is 12.6. The molecule has 3 amide bonds. The van der Waals surface area contributed by atoms with E-state index < -0.39 is 47.9 Å². The lowest BCUT2D eigenvalue weighted by Gasteiger charge is -2.30. The Balaban J connectivity index is 2.95. The molecule has 36 heavy (non-hydrogen) atoms. The summed E-state index contributed by atoms with van der Waals surface area (Å²) in [6, 6.07) is -3.58. The van der Waals surface area contributed by atoms with Crippen LogP contribution in [0.25, 0.3) is 0 Å². The van der Waals surface area contributed by atoms with Crippen molar-refractivity contribution in [1.82, 2.24) is 15.5 Å². The molecule has 0 saturated carbocycles. The van der Waals surface area contributed by atoms with Gasteiger partial charge in [0.1, 0.15) is 18.1 Å². The molecule has 11 N–H and O–H groups in total. The highest BCUT2D eigenvalue weighted by Crippen LogP contribution is 2.20. The minimum Gasteiger partial charge on any atom is -0.480 e. The molecule has 4 atom stereocenters. The zero-order valence-corrected chi connectivity index (χ0v) is 21.4. The molecular formula is C23H44N8O5. The standard InChI is InChI=1S/C23H44N8O5/c1-14(2)13-15(25)19(32)29-16(8-5-11-28-23(26)27)21(34)31-12-6-9-18(31)20(33)30-17(22(35)36)7-3-4-10-24/h14-18H,3-13,24-25H2,1-2H3,(H,29,32)(H,30,33)(H,35,36)(H4,26,27,28). The number of aliphatic carboxylic acids is 1. The molecule has 0 aromatic carbocycles. The first kappa shape index (κ1) is 31.1. The first-order valence-corrected chi connectivity index (χ1v) is 12.6. The molecule has 1 fully saturated rings. The number of likely N-dealkylation sites (tertiary alicyclic amines) is 1. The Morgan fingerprint density at radius 1 is 1.06 bits per heavy atom. The lowest BCUT2D eigenvalue weighted by Crippen LogP contribution is -2.56. The molecule has 1 heterocycles. The molecule has 0 aromatic rings. The van der Waals surface area contributed by atoms with Crippen molar-refractivity contribution in [1.29, 1.82) is 0 Å². The smallest absolute Gasteiger partial charge is 0.326 e. The number of nitrogens with two attached hydrogens (primary N) is 4. The number of carboxylic acids is 1. The fraction of sp³-hybridized carbons (Fsp3) is 0.783. The number of unbranched alkanes of at least 4 members (excludes halogenated alkanes) is 1. The molecule has 1 rings (SSSR count). The summed E-state index contributed by atoms with van der Waals surface area (Å²) >= 11 is 0. The molecular weight excluding hydrogens is 468 g/mol. The van der Waals surface area contributed by atoms with Crippen LogP contribution in [-0.2, 0) is 19.2 Å². The largest absolute Gasteiger partial charge is 0.480 e. The molecule has 0 spiro atoms. The zero-order valence-electron chi connectivity index (χ0n) is 21.4. The molecule has 1 saturated heterocycles. The highest BCUT2D eigenvalue weighted by molar-refractivity contribution is 5.94. The number of carbonyl (C=O) groups excluding carboxylic acids is 3. The van der Waals surface area contributed by atoms with Gasteiger partial charge in [0.05, 0.1) is 6.04 Å². The van der Waals surface area contributed by atoms with Gasteiger partial charge in [-0.25, -0.2) is 4.79 Å². The Hall–Kier alpha value is -2.93. The number of hydrogen-bond acceptors (Lipinski definition) is 7. The Labute approximate surface area is 212 Å². The summed E-state index contributed by atoms with van der Waals surface area (Å²) < 4.78 is 0. The Morgan fingerprint density at radius 3 is 2.31 bits per heavy atom. The maximum absolute atomic E-state index is 13.5. The monoisotopic (exact) mass is 512 g/mol. The number of carboxylic acid groups (broad SMARTS) is 1. The average Bonchev–Trinajstić information content (AvgIpc) is 3.29. The number of nitrogens with zero attached hydrogens (tertiary/aromatic N) is 2. The molecule has 1 aliphatic rings. The van der Waals surface area contributed by atoms with Crippen LogP contribution in [0.2, 0.25) is 0 Å². The maximum Gasteiger partial charge on any atom is 0.326 e. The number of rotatable bonds is 16. The van der Waals surface area contributed by atoms with Crippen molar-refractivity contribution >= 4 is 29.7 Å². The van der Waals surface area contributed by atoms with Gasteiger partial charge in [-0.1, -0.05) is 13.8 Å². The molecule has 1 aliphatic heterocycles. The van der Waals surface area contributed by atoms with Crippen molar-refractivity contribution in [3.63, 3.8) is 0 Å². The Bertz CT molecular complexity index is 772. The summed E-state index contributed by atoms with van der Waals surface area (Å²) in [5.41, 5.74) is 22.2. The topological polar surface area (TPSA) is 232 Å². The number of guanidine groups is 1. The molecule has 0 bridgehead atoms. The van der Waals surface area contributed by atoms with Crippen molar-refractivity contribution in [2.75, 3.05) is 19.6 Å². The summed E-state index contributed by atoms with van der Waals surface area (Å²) in [7, 11) is 0. The van der Waals surface area contributed by atoms with E-state index in [2.05, 4.69) is 15.6 Å². The summed E-state index contributed by atoms with van der Waals surface area (Å²) in [5.74, 6) is -2.41. The normalized spacial score (nSPS) is 17.8. The molecule has 0 radical (unpaired) electrons. The van der Waals surface area contributed by atoms with Crippen molar-refractivity contribution in [3.8, 4) is 0 Å². The second-order valence-corrected chi connectivity index (χ2v) is 9.62. The van der Waals surface area contributed by atoms with Crippen molar-refractivity contribution in [2.24, 2.45) is 33.8 Å². The Morgan fingerprint density at radius 2 is 1.72 bits per heavy atom. The molecule has 0 aromatic heterocycles. The van der Waals surface area contributed by atoms with Crippen LogP contribution in [0.15, 0.2) is 4.99 Å². The maximum atomic E-state index is 13.5. The quantitative estimate of drug-likeness (QED) is 0.0729. The first-order chi connectivity index (χ1) is 17.0. The number of hydrogen-bond donors (Lipinski definition) is 7. The van der Waals surface area contributed by atoms with Crippen LogP contribution >= 0.6 is 0 Å². The summed E-state index contributed by atoms with van der Waals surface area (Å²) in [5, 5.41) is 14.8. The van der Waals surface area contributed by atoms with Gasteiger partial charge in [0, 0.05) is 13.1 Å². The van der Waals surface area contributed by atoms with E-state index in [1.54, 1.807) is 0 Å². The molecule has 4 unspecified atom stereocenters. The second-order valence-electron chi connectivity index (χ2n) is 9.62. The highest BCUT2D eigenvalue weighted by atomic mass is 16.4. The SMILES string of the molecule is CC(C)CC(N)C(=O)NC(CCCN=C(N)N)C(=O)N1CCCC1C(=O)NC(CCCCN)C(=O)O. The van der Waals surface area contributed by atoms with Gasteiger partial charge in [0.25, 0.3) is 0 Å². The fourth-order valence-electron chi connectivity index (χ4n) is 4.18. The van der Waals surface area contributed by atoms with Crippen LogP contribution in [0.1, 0.15) is 65.2 Å². The van der Waals surface area contributed by atoms with Gasteiger partial charge in [-0.2, -0.15) is 0 Å². The predicted octanol–water partition coefficient (Wildman–Crippen LogP) is -1.41. The average molecular weight is 513 g/mol. The van der Waals surface area contributed by atoms with Crippen LogP contribution in [0.4, 0.5) is 0 Å². The van der Waals surface area contributed by atoms with Crippen molar-refractivity contribution in [3.05, 3.63) is 0 Å². The van der Waals surface area contributed by atoms with Gasteiger partial charge in [0.2, 0.25) is 17.7 Å². The number of amides is 3. The van der Waals surface area contributed by atoms with E-state index in [1.165, 1.54) is 4.90 Å². The van der Waals surface area contributed by atoms with Crippen LogP contribution in [-0.4, -0.2) is 83.5 Å². The van der Waals surface area contributed by atoms with Gasteiger partial charge < -0.3 is 43.6 Å². The van der Waals surface area contributed by atoms with Crippen LogP contribution in [0.5, 0.6) is 0 Å². The van der Waals surface area contributed by atoms with E-state index in [1.807, 2.05) is 13.8 Å². The van der Waals surface area contributed by atoms with Crippen LogP contribution < -0.4 is 33.6 Å². The van der Waals surface area contributed by atoms with E-state index in [-0.39, 0.29) is 31.3 Å². The third kappa shape index (κ3) is 10.8. The van der Waals surface area contributed by atoms with Gasteiger partial charge in [-0.15, -0.1) is 0 Å². The van der Waals surface area contributed by atoms with E-state index >= 15 is 0 Å². The number of carbonyl (C=O) groups is 4. The predicted molar refractivity (Wildman–Crippen MR) is 136 cm³/mol. The van der Waals surface area contributed by atoms with Crippen molar-refractivity contribution < 1.29 is 24.3 Å². The van der Waals surface area contributed by atoms with Gasteiger partial charge >= 0.3 is 5.97 Å². The highest BCUT2D eigenvalue weighted by Gasteiger charge is 2.39. The minimum absolute atomic E-state index is 0.0726. The Kier molecular flexibility index (Phi) is 13.8. The summed E-state index contributed by atoms with van der Waals surface area (Å²) in [4.78, 5) is 56.1. The van der Waals surface area contributed by atoms with Gasteiger partial charge in [-0.3, -0.25) is 19.4 Å². The van der Waals surface area contributed by atoms with Crippen LogP contribution in [0.3, 0.4) is 0 Å². The molecule has 13 nitrogen and oxygen atoms in total. The van der Waals surface area contributed by atoms with Gasteiger partial charge in [-0.05, 0) is 63.8 Å². The van der Waals surface area contributed by atoms with Crippen LogP contribution in [0, 0.1) is 5.92 Å². The molecule has 13 heteroatoms. The summed E-state index contributed by atoms with van der Waals surface area (Å²) in [6.07, 6.45) is 3.55. The van der Waals surface area contributed by atoms with E-state index in [0.29, 0.717) is 51.6 Å². The lowest BCUT2D eigenvalue weighted by molar-refractivity contribution is -0.145. The third-order valence-corrected chi connectivity index (χ3v) is 6.02.